The summed E-state index contributed by atoms with van der Waals surface area (Å²) in [7, 11) is 0. The number of carbonyl (C=O) groups is 2. The van der Waals surface area contributed by atoms with Crippen LogP contribution in [0, 0.1) is 0 Å². The van der Waals surface area contributed by atoms with Gasteiger partial charge in [0.2, 0.25) is 11.8 Å². The molecule has 0 saturated carbocycles. The lowest BCUT2D eigenvalue weighted by molar-refractivity contribution is -0.143. The van der Waals surface area contributed by atoms with Crippen LogP contribution in [-0.2, 0) is 16.0 Å². The predicted molar refractivity (Wildman–Crippen MR) is 83.9 cm³/mol. The van der Waals surface area contributed by atoms with E-state index in [1.54, 1.807) is 4.90 Å². The van der Waals surface area contributed by atoms with Crippen LogP contribution in [0.3, 0.4) is 0 Å². The highest BCUT2D eigenvalue weighted by molar-refractivity contribution is 7.20. The third kappa shape index (κ3) is 3.05. The van der Waals surface area contributed by atoms with Gasteiger partial charge in [0, 0.05) is 19.0 Å². The van der Waals surface area contributed by atoms with Crippen LogP contribution in [0.5, 0.6) is 0 Å². The third-order valence-electron chi connectivity index (χ3n) is 4.17. The van der Waals surface area contributed by atoms with Crippen molar-refractivity contribution >= 4 is 46.4 Å². The zero-order chi connectivity index (χ0) is 15.0. The van der Waals surface area contributed by atoms with Gasteiger partial charge < -0.3 is 10.2 Å². The van der Waals surface area contributed by atoms with Gasteiger partial charge in [-0.3, -0.25) is 9.59 Å². The van der Waals surface area contributed by atoms with Gasteiger partial charge in [0.25, 0.3) is 0 Å². The van der Waals surface area contributed by atoms with Crippen molar-refractivity contribution < 1.29 is 9.59 Å². The minimum Gasteiger partial charge on any atom is -0.352 e. The summed E-state index contributed by atoms with van der Waals surface area (Å²) in [5.74, 6) is 0.0690. The number of carbonyl (C=O) groups excluding carboxylic acids is 2. The summed E-state index contributed by atoms with van der Waals surface area (Å²) in [6.07, 6.45) is 3.62. The minimum absolute atomic E-state index is 0.00948. The van der Waals surface area contributed by atoms with E-state index >= 15 is 0 Å². The zero-order valence-electron chi connectivity index (χ0n) is 11.4. The van der Waals surface area contributed by atoms with E-state index in [2.05, 4.69) is 5.32 Å². The van der Waals surface area contributed by atoms with Crippen molar-refractivity contribution in [2.45, 2.75) is 44.2 Å². The molecule has 114 valence electrons. The zero-order valence-corrected chi connectivity index (χ0v) is 13.7. The fourth-order valence-corrected chi connectivity index (χ4v) is 4.70. The summed E-state index contributed by atoms with van der Waals surface area (Å²) in [6.45, 7) is 0.590. The molecule has 0 radical (unpaired) electrons. The van der Waals surface area contributed by atoms with Crippen molar-refractivity contribution in [2.24, 2.45) is 0 Å². The van der Waals surface area contributed by atoms with E-state index in [9.17, 15) is 9.59 Å². The Bertz CT molecular complexity index is 575. The van der Waals surface area contributed by atoms with Crippen LogP contribution in [0.25, 0.3) is 0 Å². The molecular weight excluding hydrogens is 331 g/mol. The molecule has 1 aromatic rings. The van der Waals surface area contributed by atoms with Gasteiger partial charge in [-0.05, 0) is 37.3 Å². The van der Waals surface area contributed by atoms with Gasteiger partial charge >= 0.3 is 0 Å². The molecule has 0 spiro atoms. The Kier molecular flexibility index (Phi) is 4.43. The van der Waals surface area contributed by atoms with E-state index in [0.717, 1.165) is 31.2 Å². The monoisotopic (exact) mass is 346 g/mol. The number of thiophene rings is 1. The second-order valence-electron chi connectivity index (χ2n) is 5.50. The van der Waals surface area contributed by atoms with Crippen LogP contribution in [0.2, 0.25) is 8.67 Å². The molecule has 1 N–H and O–H groups in total. The number of rotatable bonds is 4. The topological polar surface area (TPSA) is 49.4 Å². The lowest BCUT2D eigenvalue weighted by atomic mass is 10.1. The van der Waals surface area contributed by atoms with Crippen molar-refractivity contribution in [3.05, 3.63) is 20.3 Å². The van der Waals surface area contributed by atoms with Crippen molar-refractivity contribution in [1.82, 2.24) is 10.2 Å². The molecule has 2 aliphatic rings. The summed E-state index contributed by atoms with van der Waals surface area (Å²) >= 11 is 13.3. The maximum absolute atomic E-state index is 12.4. The second kappa shape index (κ2) is 6.15. The van der Waals surface area contributed by atoms with Crippen LogP contribution in [-0.4, -0.2) is 35.3 Å². The first-order valence-electron chi connectivity index (χ1n) is 7.09. The standard InChI is InChI=1S/C14H16Cl2N2O2S/c15-11-6-8(13(16)21-11)2-1-3-12(19)18-9-4-5-10(18)14(20)17-7-9/h6,9-10H,1-5,7H2,(H,17,20). The summed E-state index contributed by atoms with van der Waals surface area (Å²) in [5.41, 5.74) is 0.999. The normalized spacial score (nSPS) is 24.3. The second-order valence-corrected chi connectivity index (χ2v) is 7.78. The number of aryl methyl sites for hydroxylation is 1. The summed E-state index contributed by atoms with van der Waals surface area (Å²) < 4.78 is 1.37. The number of fused-ring (bicyclic) bond motifs is 2. The Hall–Kier alpha value is -0.780. The fourth-order valence-electron chi connectivity index (χ4n) is 3.16. The van der Waals surface area contributed by atoms with E-state index in [1.165, 1.54) is 11.3 Å². The van der Waals surface area contributed by atoms with Crippen molar-refractivity contribution in [2.75, 3.05) is 6.54 Å². The Morgan fingerprint density at radius 2 is 2.24 bits per heavy atom. The molecule has 3 rings (SSSR count). The van der Waals surface area contributed by atoms with Crippen molar-refractivity contribution in [3.8, 4) is 0 Å². The molecule has 21 heavy (non-hydrogen) atoms. The van der Waals surface area contributed by atoms with Crippen LogP contribution < -0.4 is 5.32 Å². The highest BCUT2D eigenvalue weighted by Gasteiger charge is 2.43. The van der Waals surface area contributed by atoms with Gasteiger partial charge in [-0.2, -0.15) is 0 Å². The highest BCUT2D eigenvalue weighted by atomic mass is 35.5. The van der Waals surface area contributed by atoms with Gasteiger partial charge in [0.1, 0.15) is 6.04 Å². The summed E-state index contributed by atoms with van der Waals surface area (Å²) in [6, 6.07) is 1.78. The molecule has 2 fully saturated rings. The number of hydrogen-bond donors (Lipinski definition) is 1. The van der Waals surface area contributed by atoms with E-state index in [4.69, 9.17) is 23.2 Å². The average Bonchev–Trinajstić information content (AvgIpc) is 2.94. The molecule has 4 nitrogen and oxygen atoms in total. The van der Waals surface area contributed by atoms with Crippen LogP contribution in [0.15, 0.2) is 6.07 Å². The van der Waals surface area contributed by atoms with E-state index in [1.807, 2.05) is 6.07 Å². The maximum atomic E-state index is 12.4. The molecule has 0 aliphatic carbocycles. The van der Waals surface area contributed by atoms with Gasteiger partial charge in [0.05, 0.1) is 8.67 Å². The molecular formula is C14H16Cl2N2O2S. The number of amides is 2. The Labute approximate surface area is 137 Å². The molecule has 2 saturated heterocycles. The molecule has 3 heterocycles. The molecule has 1 aromatic heterocycles. The SMILES string of the molecule is O=C1NCC2CCC1N2C(=O)CCCc1cc(Cl)sc1Cl. The first-order chi connectivity index (χ1) is 10.1. The third-order valence-corrected chi connectivity index (χ3v) is 5.74. The number of nitrogens with zero attached hydrogens (tertiary/aromatic N) is 1. The Morgan fingerprint density at radius 1 is 1.43 bits per heavy atom. The smallest absolute Gasteiger partial charge is 0.242 e. The number of halogens is 2. The van der Waals surface area contributed by atoms with E-state index in [-0.39, 0.29) is 23.9 Å². The number of piperazine rings is 1. The number of nitrogens with one attached hydrogen (secondary N) is 1. The lowest BCUT2D eigenvalue weighted by Crippen LogP contribution is -2.57. The van der Waals surface area contributed by atoms with Crippen LogP contribution in [0.4, 0.5) is 0 Å². The fraction of sp³-hybridized carbons (Fsp3) is 0.571. The Morgan fingerprint density at radius 3 is 2.95 bits per heavy atom. The van der Waals surface area contributed by atoms with Crippen molar-refractivity contribution in [3.63, 3.8) is 0 Å². The molecule has 2 unspecified atom stereocenters. The van der Waals surface area contributed by atoms with Gasteiger partial charge in [-0.15, -0.1) is 11.3 Å². The summed E-state index contributed by atoms with van der Waals surface area (Å²) in [4.78, 5) is 25.9. The molecule has 2 aliphatic heterocycles. The van der Waals surface area contributed by atoms with E-state index < -0.39 is 0 Å². The van der Waals surface area contributed by atoms with Crippen LogP contribution in [0.1, 0.15) is 31.2 Å². The maximum Gasteiger partial charge on any atom is 0.242 e. The number of hydrogen-bond acceptors (Lipinski definition) is 3. The Balaban J connectivity index is 1.55. The predicted octanol–water partition coefficient (Wildman–Crippen LogP) is 2.87. The molecule has 2 amide bonds. The minimum atomic E-state index is -0.254. The molecule has 7 heteroatoms. The molecule has 0 aromatic carbocycles. The van der Waals surface area contributed by atoms with Crippen molar-refractivity contribution in [1.29, 1.82) is 0 Å². The first-order valence-corrected chi connectivity index (χ1v) is 8.66. The summed E-state index contributed by atoms with van der Waals surface area (Å²) in [5, 5.41) is 2.86. The lowest BCUT2D eigenvalue weighted by Gasteiger charge is -2.34. The quantitative estimate of drug-likeness (QED) is 0.911. The molecule has 2 bridgehead atoms. The highest BCUT2D eigenvalue weighted by Crippen LogP contribution is 2.32. The average molecular weight is 347 g/mol. The van der Waals surface area contributed by atoms with Gasteiger partial charge in [-0.25, -0.2) is 0 Å². The van der Waals surface area contributed by atoms with Gasteiger partial charge in [-0.1, -0.05) is 23.2 Å². The van der Waals surface area contributed by atoms with E-state index in [0.29, 0.717) is 21.6 Å². The largest absolute Gasteiger partial charge is 0.352 e. The first kappa shape index (κ1) is 15.1. The van der Waals surface area contributed by atoms with Crippen LogP contribution >= 0.6 is 34.5 Å². The van der Waals surface area contributed by atoms with Gasteiger partial charge in [0.15, 0.2) is 0 Å². The molecule has 2 atom stereocenters.